The molecule has 2 nitrogen and oxygen atoms in total. The number of benzene rings is 1. The summed E-state index contributed by atoms with van der Waals surface area (Å²) in [6.45, 7) is 11.4. The third kappa shape index (κ3) is 5.91. The largest absolute Gasteiger partial charge is 0.505 e. The van der Waals surface area contributed by atoms with Crippen LogP contribution >= 0.6 is 0 Å². The van der Waals surface area contributed by atoms with Crippen molar-refractivity contribution in [1.29, 1.82) is 0 Å². The lowest BCUT2D eigenvalue weighted by atomic mass is 10.1. The first-order valence-corrected chi connectivity index (χ1v) is 7.58. The van der Waals surface area contributed by atoms with E-state index in [1.165, 1.54) is 6.07 Å². The van der Waals surface area contributed by atoms with Gasteiger partial charge in [0.05, 0.1) is 0 Å². The SMILES string of the molecule is CC(C)CCN(CCC(C)C)Cc1cccc(F)c1O. The van der Waals surface area contributed by atoms with Gasteiger partial charge in [-0.25, -0.2) is 4.39 Å². The molecule has 3 heteroatoms. The molecule has 0 saturated heterocycles. The van der Waals surface area contributed by atoms with Crippen molar-refractivity contribution >= 4 is 0 Å². The summed E-state index contributed by atoms with van der Waals surface area (Å²) >= 11 is 0. The second-order valence-electron chi connectivity index (χ2n) is 6.39. The molecule has 0 aliphatic heterocycles. The fraction of sp³-hybridized carbons (Fsp3) is 0.647. The van der Waals surface area contributed by atoms with Crippen LogP contribution in [0.25, 0.3) is 0 Å². The Morgan fingerprint density at radius 3 is 2.10 bits per heavy atom. The quantitative estimate of drug-likeness (QED) is 0.762. The van der Waals surface area contributed by atoms with Gasteiger partial charge in [-0.1, -0.05) is 39.8 Å². The van der Waals surface area contributed by atoms with Crippen molar-refractivity contribution in [2.75, 3.05) is 13.1 Å². The van der Waals surface area contributed by atoms with Crippen molar-refractivity contribution < 1.29 is 9.50 Å². The topological polar surface area (TPSA) is 23.5 Å². The minimum Gasteiger partial charge on any atom is -0.505 e. The minimum atomic E-state index is -0.532. The maximum Gasteiger partial charge on any atom is 0.165 e. The van der Waals surface area contributed by atoms with Gasteiger partial charge < -0.3 is 5.11 Å². The molecule has 0 saturated carbocycles. The molecule has 0 aromatic heterocycles. The highest BCUT2D eigenvalue weighted by atomic mass is 19.1. The smallest absolute Gasteiger partial charge is 0.165 e. The van der Waals surface area contributed by atoms with Crippen LogP contribution in [0.2, 0.25) is 0 Å². The molecule has 0 aliphatic carbocycles. The summed E-state index contributed by atoms with van der Waals surface area (Å²) in [6.07, 6.45) is 2.24. The average Bonchev–Trinajstić information content (AvgIpc) is 2.37. The summed E-state index contributed by atoms with van der Waals surface area (Å²) in [5.41, 5.74) is 0.678. The third-order valence-corrected chi connectivity index (χ3v) is 3.51. The van der Waals surface area contributed by atoms with Crippen LogP contribution < -0.4 is 0 Å². The molecular formula is C17H28FNO. The van der Waals surface area contributed by atoms with E-state index in [4.69, 9.17) is 0 Å². The van der Waals surface area contributed by atoms with Gasteiger partial charge in [0.2, 0.25) is 0 Å². The van der Waals surface area contributed by atoms with Crippen LogP contribution in [0, 0.1) is 17.7 Å². The molecule has 0 spiro atoms. The normalized spacial score (nSPS) is 11.8. The van der Waals surface area contributed by atoms with Gasteiger partial charge in [0.1, 0.15) is 0 Å². The molecule has 0 bridgehead atoms. The predicted octanol–water partition coefficient (Wildman–Crippen LogP) is 4.43. The molecule has 1 rings (SSSR count). The number of hydrogen-bond donors (Lipinski definition) is 1. The molecule has 0 aliphatic rings. The molecule has 0 fully saturated rings. The Hall–Kier alpha value is -1.09. The van der Waals surface area contributed by atoms with E-state index < -0.39 is 5.82 Å². The van der Waals surface area contributed by atoms with Crippen molar-refractivity contribution in [1.82, 2.24) is 4.90 Å². The van der Waals surface area contributed by atoms with E-state index in [9.17, 15) is 9.50 Å². The molecule has 0 radical (unpaired) electrons. The van der Waals surface area contributed by atoms with E-state index in [0.29, 0.717) is 23.9 Å². The zero-order chi connectivity index (χ0) is 15.1. The summed E-state index contributed by atoms with van der Waals surface area (Å²) in [5.74, 6) is 0.567. The minimum absolute atomic E-state index is 0.202. The molecule has 1 aromatic rings. The number of phenols is 1. The maximum atomic E-state index is 13.4. The Morgan fingerprint density at radius 2 is 1.60 bits per heavy atom. The van der Waals surface area contributed by atoms with Crippen molar-refractivity contribution in [3.8, 4) is 5.75 Å². The molecule has 20 heavy (non-hydrogen) atoms. The van der Waals surface area contributed by atoms with Gasteiger partial charge in [-0.2, -0.15) is 0 Å². The lowest BCUT2D eigenvalue weighted by Crippen LogP contribution is -2.27. The van der Waals surface area contributed by atoms with Gasteiger partial charge in [0.15, 0.2) is 11.6 Å². The standard InChI is InChI=1S/C17H28FNO/c1-13(2)8-10-19(11-9-14(3)4)12-15-6-5-7-16(18)17(15)20/h5-7,13-14,20H,8-12H2,1-4H3. The van der Waals surface area contributed by atoms with Gasteiger partial charge in [0.25, 0.3) is 0 Å². The van der Waals surface area contributed by atoms with Crippen molar-refractivity contribution in [3.05, 3.63) is 29.6 Å². The Balaban J connectivity index is 2.69. The summed E-state index contributed by atoms with van der Waals surface area (Å²) in [5, 5.41) is 9.80. The number of aromatic hydroxyl groups is 1. The fourth-order valence-electron chi connectivity index (χ4n) is 2.08. The van der Waals surface area contributed by atoms with Crippen LogP contribution in [0.4, 0.5) is 4.39 Å². The fourth-order valence-corrected chi connectivity index (χ4v) is 2.08. The second kappa shape index (κ2) is 8.25. The number of rotatable bonds is 8. The highest BCUT2D eigenvalue weighted by Crippen LogP contribution is 2.22. The van der Waals surface area contributed by atoms with Gasteiger partial charge in [-0.15, -0.1) is 0 Å². The Labute approximate surface area is 122 Å². The van der Waals surface area contributed by atoms with Crippen molar-refractivity contribution in [3.63, 3.8) is 0 Å². The number of para-hydroxylation sites is 1. The molecule has 1 N–H and O–H groups in total. The predicted molar refractivity (Wildman–Crippen MR) is 82.3 cm³/mol. The first-order chi connectivity index (χ1) is 9.40. The molecular weight excluding hydrogens is 253 g/mol. The number of hydrogen-bond acceptors (Lipinski definition) is 2. The molecule has 1 aromatic carbocycles. The lowest BCUT2D eigenvalue weighted by Gasteiger charge is -2.24. The molecule has 0 heterocycles. The zero-order valence-electron chi connectivity index (χ0n) is 13.2. The molecule has 0 amide bonds. The summed E-state index contributed by atoms with van der Waals surface area (Å²) in [6, 6.07) is 4.76. The number of phenolic OH excluding ortho intramolecular Hbond substituents is 1. The van der Waals surface area contributed by atoms with Gasteiger partial charge in [-0.3, -0.25) is 4.90 Å². The van der Waals surface area contributed by atoms with Crippen LogP contribution in [0.3, 0.4) is 0 Å². The van der Waals surface area contributed by atoms with Gasteiger partial charge in [-0.05, 0) is 43.8 Å². The van der Waals surface area contributed by atoms with E-state index in [-0.39, 0.29) is 5.75 Å². The van der Waals surface area contributed by atoms with Crippen LogP contribution in [0.1, 0.15) is 46.1 Å². The highest BCUT2D eigenvalue weighted by molar-refractivity contribution is 5.33. The Kier molecular flexibility index (Phi) is 7.00. The maximum absolute atomic E-state index is 13.4. The Morgan fingerprint density at radius 1 is 1.05 bits per heavy atom. The average molecular weight is 281 g/mol. The summed E-state index contributed by atoms with van der Waals surface area (Å²) < 4.78 is 13.4. The van der Waals surface area contributed by atoms with Crippen molar-refractivity contribution in [2.45, 2.75) is 47.1 Å². The molecule has 0 atom stereocenters. The van der Waals surface area contributed by atoms with E-state index in [2.05, 4.69) is 32.6 Å². The Bertz CT molecular complexity index is 392. The van der Waals surface area contributed by atoms with Gasteiger partial charge >= 0.3 is 0 Å². The third-order valence-electron chi connectivity index (χ3n) is 3.51. The van der Waals surface area contributed by atoms with Crippen LogP contribution in [-0.4, -0.2) is 23.1 Å². The molecule has 114 valence electrons. The number of halogens is 1. The van der Waals surface area contributed by atoms with Crippen molar-refractivity contribution in [2.24, 2.45) is 11.8 Å². The zero-order valence-corrected chi connectivity index (χ0v) is 13.2. The van der Waals surface area contributed by atoms with Crippen LogP contribution in [0.5, 0.6) is 5.75 Å². The highest BCUT2D eigenvalue weighted by Gasteiger charge is 2.12. The van der Waals surface area contributed by atoms with Crippen LogP contribution in [0.15, 0.2) is 18.2 Å². The van der Waals surface area contributed by atoms with E-state index in [0.717, 1.165) is 25.9 Å². The van der Waals surface area contributed by atoms with E-state index in [1.807, 2.05) is 0 Å². The first kappa shape index (κ1) is 17.0. The molecule has 0 unspecified atom stereocenters. The van der Waals surface area contributed by atoms with E-state index >= 15 is 0 Å². The first-order valence-electron chi connectivity index (χ1n) is 7.58. The van der Waals surface area contributed by atoms with Gasteiger partial charge in [0, 0.05) is 12.1 Å². The number of nitrogens with zero attached hydrogens (tertiary/aromatic N) is 1. The second-order valence-corrected chi connectivity index (χ2v) is 6.39. The van der Waals surface area contributed by atoms with Crippen LogP contribution in [-0.2, 0) is 6.54 Å². The summed E-state index contributed by atoms with van der Waals surface area (Å²) in [4.78, 5) is 2.31. The summed E-state index contributed by atoms with van der Waals surface area (Å²) in [7, 11) is 0. The monoisotopic (exact) mass is 281 g/mol. The van der Waals surface area contributed by atoms with E-state index in [1.54, 1.807) is 12.1 Å². The lowest BCUT2D eigenvalue weighted by molar-refractivity contribution is 0.232.